The van der Waals surface area contributed by atoms with Gasteiger partial charge in [0.05, 0.1) is 13.2 Å². The summed E-state index contributed by atoms with van der Waals surface area (Å²) in [5.41, 5.74) is 6.83. The van der Waals surface area contributed by atoms with Crippen molar-refractivity contribution in [1.29, 1.82) is 0 Å². The molecule has 1 fully saturated rings. The van der Waals surface area contributed by atoms with Crippen LogP contribution in [-0.2, 0) is 4.74 Å². The van der Waals surface area contributed by atoms with Gasteiger partial charge in [-0.05, 0) is 24.3 Å². The minimum atomic E-state index is -0.386. The fourth-order valence-electron chi connectivity index (χ4n) is 1.66. The lowest BCUT2D eigenvalue weighted by molar-refractivity contribution is 0.1000. The molecule has 2 N–H and O–H groups in total. The van der Waals surface area contributed by atoms with E-state index in [2.05, 4.69) is 4.90 Å². The molecule has 0 unspecified atom stereocenters. The Labute approximate surface area is 101 Å². The molecule has 1 saturated heterocycles. The number of amides is 1. The van der Waals surface area contributed by atoms with Crippen LogP contribution in [0.5, 0.6) is 0 Å². The number of anilines is 1. The molecule has 1 aliphatic heterocycles. The molecule has 1 aromatic carbocycles. The van der Waals surface area contributed by atoms with Crippen molar-refractivity contribution in [2.75, 3.05) is 31.2 Å². The highest BCUT2D eigenvalue weighted by Crippen LogP contribution is 2.16. The second-order valence-electron chi connectivity index (χ2n) is 3.51. The van der Waals surface area contributed by atoms with Crippen LogP contribution in [0.3, 0.4) is 0 Å². The highest BCUT2D eigenvalue weighted by Gasteiger charge is 2.11. The highest BCUT2D eigenvalue weighted by atomic mass is 35.5. The third-order valence-electron chi connectivity index (χ3n) is 2.53. The maximum absolute atomic E-state index is 10.9. The predicted molar refractivity (Wildman–Crippen MR) is 65.2 cm³/mol. The number of nitrogens with two attached hydrogens (primary N) is 1. The first-order valence-corrected chi connectivity index (χ1v) is 5.00. The summed E-state index contributed by atoms with van der Waals surface area (Å²) in [5.74, 6) is -0.386. The molecule has 0 saturated carbocycles. The molecule has 1 aliphatic rings. The topological polar surface area (TPSA) is 55.6 Å². The van der Waals surface area contributed by atoms with Crippen molar-refractivity contribution in [3.8, 4) is 0 Å². The van der Waals surface area contributed by atoms with Crippen LogP contribution in [-0.4, -0.2) is 32.2 Å². The molecule has 5 heteroatoms. The third kappa shape index (κ3) is 2.87. The summed E-state index contributed by atoms with van der Waals surface area (Å²) in [7, 11) is 0. The molecule has 4 nitrogen and oxygen atoms in total. The van der Waals surface area contributed by atoms with Gasteiger partial charge < -0.3 is 15.4 Å². The zero-order chi connectivity index (χ0) is 10.7. The lowest BCUT2D eigenvalue weighted by atomic mass is 10.2. The Hall–Kier alpha value is -1.26. The van der Waals surface area contributed by atoms with Crippen molar-refractivity contribution in [1.82, 2.24) is 0 Å². The smallest absolute Gasteiger partial charge is 0.248 e. The molecular formula is C11H15ClN2O2. The number of hydrogen-bond donors (Lipinski definition) is 1. The number of carbonyl (C=O) groups excluding carboxylic acids is 1. The van der Waals surface area contributed by atoms with Crippen molar-refractivity contribution >= 4 is 24.0 Å². The van der Waals surface area contributed by atoms with Gasteiger partial charge in [0, 0.05) is 24.3 Å². The Morgan fingerprint density at radius 1 is 1.19 bits per heavy atom. The van der Waals surface area contributed by atoms with E-state index < -0.39 is 0 Å². The second kappa shape index (κ2) is 5.72. The van der Waals surface area contributed by atoms with Crippen LogP contribution in [0.1, 0.15) is 10.4 Å². The number of rotatable bonds is 2. The monoisotopic (exact) mass is 242 g/mol. The van der Waals surface area contributed by atoms with Crippen molar-refractivity contribution in [3.63, 3.8) is 0 Å². The number of hydrogen-bond acceptors (Lipinski definition) is 3. The average Bonchev–Trinajstić information content (AvgIpc) is 2.30. The second-order valence-corrected chi connectivity index (χ2v) is 3.51. The van der Waals surface area contributed by atoms with Crippen molar-refractivity contribution < 1.29 is 9.53 Å². The molecule has 16 heavy (non-hydrogen) atoms. The molecule has 0 radical (unpaired) electrons. The average molecular weight is 243 g/mol. The van der Waals surface area contributed by atoms with E-state index in [-0.39, 0.29) is 18.3 Å². The van der Waals surface area contributed by atoms with Crippen molar-refractivity contribution in [2.24, 2.45) is 5.73 Å². The Morgan fingerprint density at radius 2 is 1.75 bits per heavy atom. The first-order valence-electron chi connectivity index (χ1n) is 5.00. The summed E-state index contributed by atoms with van der Waals surface area (Å²) in [5, 5.41) is 0. The van der Waals surface area contributed by atoms with Crippen LogP contribution in [0.4, 0.5) is 5.69 Å². The van der Waals surface area contributed by atoms with Crippen molar-refractivity contribution in [2.45, 2.75) is 0 Å². The van der Waals surface area contributed by atoms with E-state index in [1.807, 2.05) is 12.1 Å². The third-order valence-corrected chi connectivity index (χ3v) is 2.53. The summed E-state index contributed by atoms with van der Waals surface area (Å²) in [4.78, 5) is 13.1. The Balaban J connectivity index is 0.00000128. The van der Waals surface area contributed by atoms with Gasteiger partial charge in [-0.2, -0.15) is 0 Å². The van der Waals surface area contributed by atoms with Crippen LogP contribution in [0.25, 0.3) is 0 Å². The van der Waals surface area contributed by atoms with Gasteiger partial charge in [0.25, 0.3) is 0 Å². The highest BCUT2D eigenvalue weighted by molar-refractivity contribution is 5.93. The number of morpholine rings is 1. The van der Waals surface area contributed by atoms with Gasteiger partial charge in [-0.15, -0.1) is 12.4 Å². The van der Waals surface area contributed by atoms with Crippen molar-refractivity contribution in [3.05, 3.63) is 29.8 Å². The number of primary amides is 1. The summed E-state index contributed by atoms with van der Waals surface area (Å²) >= 11 is 0. The largest absolute Gasteiger partial charge is 0.378 e. The van der Waals surface area contributed by atoms with E-state index >= 15 is 0 Å². The maximum atomic E-state index is 10.9. The first kappa shape index (κ1) is 12.8. The molecule has 0 aromatic heterocycles. The number of nitrogens with zero attached hydrogens (tertiary/aromatic N) is 1. The van der Waals surface area contributed by atoms with E-state index in [0.717, 1.165) is 32.0 Å². The lowest BCUT2D eigenvalue weighted by Crippen LogP contribution is -2.36. The fraction of sp³-hybridized carbons (Fsp3) is 0.364. The van der Waals surface area contributed by atoms with Crippen LogP contribution in [0.2, 0.25) is 0 Å². The molecule has 1 aromatic rings. The quantitative estimate of drug-likeness (QED) is 0.843. The Morgan fingerprint density at radius 3 is 2.25 bits per heavy atom. The van der Waals surface area contributed by atoms with Gasteiger partial charge >= 0.3 is 0 Å². The SMILES string of the molecule is Cl.NC(=O)c1ccc(N2CCOCC2)cc1. The summed E-state index contributed by atoms with van der Waals surface area (Å²) in [6.45, 7) is 3.32. The number of carbonyl (C=O) groups is 1. The standard InChI is InChI=1S/C11H14N2O2.ClH/c12-11(14)9-1-3-10(4-2-9)13-5-7-15-8-6-13;/h1-4H,5-8H2,(H2,12,14);1H. The predicted octanol–water partition coefficient (Wildman–Crippen LogP) is 1.04. The van der Waals surface area contributed by atoms with E-state index in [1.54, 1.807) is 12.1 Å². The number of benzene rings is 1. The van der Waals surface area contributed by atoms with Crippen LogP contribution < -0.4 is 10.6 Å². The summed E-state index contributed by atoms with van der Waals surface area (Å²) < 4.78 is 5.27. The molecule has 0 bridgehead atoms. The number of halogens is 1. The van der Waals surface area contributed by atoms with E-state index in [0.29, 0.717) is 5.56 Å². The molecule has 0 spiro atoms. The zero-order valence-electron chi connectivity index (χ0n) is 8.89. The zero-order valence-corrected chi connectivity index (χ0v) is 9.70. The lowest BCUT2D eigenvalue weighted by Gasteiger charge is -2.28. The van der Waals surface area contributed by atoms with E-state index in [4.69, 9.17) is 10.5 Å². The fourth-order valence-corrected chi connectivity index (χ4v) is 1.66. The van der Waals surface area contributed by atoms with Gasteiger partial charge in [0.2, 0.25) is 5.91 Å². The van der Waals surface area contributed by atoms with Gasteiger partial charge in [0.1, 0.15) is 0 Å². The van der Waals surface area contributed by atoms with Gasteiger partial charge in [-0.25, -0.2) is 0 Å². The minimum Gasteiger partial charge on any atom is -0.378 e. The number of ether oxygens (including phenoxy) is 1. The Kier molecular flexibility index (Phi) is 4.58. The molecule has 0 atom stereocenters. The summed E-state index contributed by atoms with van der Waals surface area (Å²) in [6.07, 6.45) is 0. The Bertz CT molecular complexity index is 348. The molecule has 88 valence electrons. The van der Waals surface area contributed by atoms with Gasteiger partial charge in [0.15, 0.2) is 0 Å². The first-order chi connectivity index (χ1) is 7.27. The van der Waals surface area contributed by atoms with Crippen LogP contribution >= 0.6 is 12.4 Å². The summed E-state index contributed by atoms with van der Waals surface area (Å²) in [6, 6.07) is 7.36. The maximum Gasteiger partial charge on any atom is 0.248 e. The van der Waals surface area contributed by atoms with E-state index in [1.165, 1.54) is 0 Å². The molecular weight excluding hydrogens is 228 g/mol. The van der Waals surface area contributed by atoms with E-state index in [9.17, 15) is 4.79 Å². The van der Waals surface area contributed by atoms with Crippen LogP contribution in [0.15, 0.2) is 24.3 Å². The van der Waals surface area contributed by atoms with Crippen LogP contribution in [0, 0.1) is 0 Å². The minimum absolute atomic E-state index is 0. The molecule has 0 aliphatic carbocycles. The normalized spacial score (nSPS) is 15.4. The molecule has 1 heterocycles. The van der Waals surface area contributed by atoms with Gasteiger partial charge in [-0.3, -0.25) is 4.79 Å². The molecule has 1 amide bonds. The molecule has 2 rings (SSSR count). The van der Waals surface area contributed by atoms with Gasteiger partial charge in [-0.1, -0.05) is 0 Å².